The molecule has 0 spiro atoms. The lowest BCUT2D eigenvalue weighted by Gasteiger charge is -2.17. The molecule has 0 fully saturated rings. The molecule has 0 rings (SSSR count). The van der Waals surface area contributed by atoms with E-state index in [1.807, 2.05) is 11.8 Å². The summed E-state index contributed by atoms with van der Waals surface area (Å²) >= 11 is 1.85. The first-order valence-corrected chi connectivity index (χ1v) is 5.84. The van der Waals surface area contributed by atoms with Crippen molar-refractivity contribution in [1.29, 1.82) is 0 Å². The van der Waals surface area contributed by atoms with E-state index in [9.17, 15) is 4.79 Å². The van der Waals surface area contributed by atoms with Gasteiger partial charge in [0.25, 0.3) is 0 Å². The van der Waals surface area contributed by atoms with Crippen LogP contribution in [0.4, 0.5) is 0 Å². The minimum absolute atomic E-state index is 0.0707. The zero-order valence-electron chi connectivity index (χ0n) is 9.55. The highest BCUT2D eigenvalue weighted by Gasteiger charge is 2.09. The molecular formula is C10H21NO2S. The van der Waals surface area contributed by atoms with Crippen molar-refractivity contribution in [2.24, 2.45) is 0 Å². The highest BCUT2D eigenvalue weighted by molar-refractivity contribution is 8.00. The van der Waals surface area contributed by atoms with E-state index in [2.05, 4.69) is 26.1 Å². The van der Waals surface area contributed by atoms with Crippen molar-refractivity contribution in [3.05, 3.63) is 0 Å². The lowest BCUT2D eigenvalue weighted by molar-refractivity contribution is -0.121. The Morgan fingerprint density at radius 2 is 2.07 bits per heavy atom. The summed E-state index contributed by atoms with van der Waals surface area (Å²) in [6.07, 6.45) is 0.455. The number of carbonyl (C=O) groups is 1. The molecular weight excluding hydrogens is 198 g/mol. The van der Waals surface area contributed by atoms with Crippen LogP contribution in [-0.2, 0) is 9.53 Å². The number of rotatable bonds is 6. The van der Waals surface area contributed by atoms with Gasteiger partial charge in [0.2, 0.25) is 5.91 Å². The summed E-state index contributed by atoms with van der Waals surface area (Å²) in [7, 11) is 1.60. The van der Waals surface area contributed by atoms with E-state index < -0.39 is 0 Å². The maximum atomic E-state index is 11.1. The van der Waals surface area contributed by atoms with E-state index in [-0.39, 0.29) is 10.7 Å². The Morgan fingerprint density at radius 3 is 2.57 bits per heavy atom. The third kappa shape index (κ3) is 9.86. The highest BCUT2D eigenvalue weighted by Crippen LogP contribution is 2.21. The quantitative estimate of drug-likeness (QED) is 0.691. The lowest BCUT2D eigenvalue weighted by Crippen LogP contribution is -2.27. The molecule has 0 aliphatic heterocycles. The molecule has 0 aromatic carbocycles. The van der Waals surface area contributed by atoms with Crippen LogP contribution in [-0.4, -0.2) is 36.7 Å². The van der Waals surface area contributed by atoms with Gasteiger partial charge in [0, 0.05) is 30.6 Å². The van der Waals surface area contributed by atoms with Crippen LogP contribution in [0.3, 0.4) is 0 Å². The van der Waals surface area contributed by atoms with Crippen molar-refractivity contribution in [3.8, 4) is 0 Å². The number of methoxy groups -OCH3 is 1. The Morgan fingerprint density at radius 1 is 1.43 bits per heavy atom. The minimum atomic E-state index is 0.0707. The Hall–Kier alpha value is -0.220. The molecule has 1 N–H and O–H groups in total. The second kappa shape index (κ2) is 7.12. The van der Waals surface area contributed by atoms with Gasteiger partial charge in [0.15, 0.2) is 0 Å². The molecule has 0 aliphatic carbocycles. The lowest BCUT2D eigenvalue weighted by atomic mass is 10.3. The molecule has 0 atom stereocenters. The van der Waals surface area contributed by atoms with Crippen LogP contribution in [0, 0.1) is 0 Å². The largest absolute Gasteiger partial charge is 0.384 e. The molecule has 3 nitrogen and oxygen atoms in total. The summed E-state index contributed by atoms with van der Waals surface area (Å²) in [4.78, 5) is 11.1. The van der Waals surface area contributed by atoms with Crippen LogP contribution < -0.4 is 5.32 Å². The van der Waals surface area contributed by atoms with Crippen molar-refractivity contribution >= 4 is 17.7 Å². The molecule has 1 amide bonds. The number of nitrogens with one attached hydrogen (secondary N) is 1. The van der Waals surface area contributed by atoms with E-state index in [0.717, 1.165) is 12.3 Å². The van der Waals surface area contributed by atoms with Gasteiger partial charge in [0.05, 0.1) is 6.61 Å². The number of hydrogen-bond donors (Lipinski definition) is 1. The van der Waals surface area contributed by atoms with Gasteiger partial charge in [-0.15, -0.1) is 0 Å². The van der Waals surface area contributed by atoms with Gasteiger partial charge in [0.1, 0.15) is 0 Å². The Kier molecular flexibility index (Phi) is 7.01. The van der Waals surface area contributed by atoms with Crippen molar-refractivity contribution < 1.29 is 9.53 Å². The molecule has 0 saturated heterocycles. The molecule has 0 aliphatic rings. The fourth-order valence-corrected chi connectivity index (χ4v) is 1.65. The predicted molar refractivity (Wildman–Crippen MR) is 61.7 cm³/mol. The van der Waals surface area contributed by atoms with Gasteiger partial charge in [-0.05, 0) is 0 Å². The van der Waals surface area contributed by atoms with Crippen LogP contribution in [0.15, 0.2) is 0 Å². The molecule has 0 unspecified atom stereocenters. The average molecular weight is 219 g/mol. The maximum absolute atomic E-state index is 11.1. The summed E-state index contributed by atoms with van der Waals surface area (Å²) in [6, 6.07) is 0. The first kappa shape index (κ1) is 13.8. The first-order valence-electron chi connectivity index (χ1n) is 4.85. The number of amides is 1. The minimum Gasteiger partial charge on any atom is -0.384 e. The van der Waals surface area contributed by atoms with Gasteiger partial charge in [-0.1, -0.05) is 20.8 Å². The molecule has 0 radical (unpaired) electrons. The smallest absolute Gasteiger partial charge is 0.222 e. The Balaban J connectivity index is 3.32. The van der Waals surface area contributed by atoms with Crippen molar-refractivity contribution in [1.82, 2.24) is 5.32 Å². The normalized spacial score (nSPS) is 11.4. The number of thioether (sulfide) groups is 1. The van der Waals surface area contributed by atoms with E-state index in [1.54, 1.807) is 7.11 Å². The summed E-state index contributed by atoms with van der Waals surface area (Å²) < 4.78 is 5.08. The van der Waals surface area contributed by atoms with Gasteiger partial charge < -0.3 is 10.1 Å². The van der Waals surface area contributed by atoms with Gasteiger partial charge >= 0.3 is 0 Å². The zero-order valence-corrected chi connectivity index (χ0v) is 10.4. The number of carbonyl (C=O) groups excluding carboxylic acids is 1. The summed E-state index contributed by atoms with van der Waals surface area (Å²) in [5.74, 6) is 1.03. The van der Waals surface area contributed by atoms with Gasteiger partial charge in [-0.2, -0.15) is 11.8 Å². The molecule has 14 heavy (non-hydrogen) atoms. The maximum Gasteiger partial charge on any atom is 0.222 e. The third-order valence-corrected chi connectivity index (χ3v) is 2.77. The topological polar surface area (TPSA) is 38.3 Å². The first-order chi connectivity index (χ1) is 6.45. The van der Waals surface area contributed by atoms with E-state index in [1.165, 1.54) is 0 Å². The third-order valence-electron chi connectivity index (χ3n) is 1.49. The van der Waals surface area contributed by atoms with Crippen molar-refractivity contribution in [2.45, 2.75) is 31.9 Å². The van der Waals surface area contributed by atoms with E-state index in [0.29, 0.717) is 13.0 Å². The fraction of sp³-hybridized carbons (Fsp3) is 0.900. The predicted octanol–water partition coefficient (Wildman–Crippen LogP) is 1.67. The monoisotopic (exact) mass is 219 g/mol. The van der Waals surface area contributed by atoms with Crippen molar-refractivity contribution in [2.75, 3.05) is 26.0 Å². The molecule has 0 aromatic heterocycles. The van der Waals surface area contributed by atoms with Crippen molar-refractivity contribution in [3.63, 3.8) is 0 Å². The van der Waals surface area contributed by atoms with E-state index >= 15 is 0 Å². The van der Waals surface area contributed by atoms with Gasteiger partial charge in [-0.3, -0.25) is 4.79 Å². The summed E-state index contributed by atoms with van der Waals surface area (Å²) in [5.41, 5.74) is 0. The van der Waals surface area contributed by atoms with Crippen LogP contribution in [0.1, 0.15) is 27.2 Å². The molecule has 84 valence electrons. The van der Waals surface area contributed by atoms with Gasteiger partial charge in [-0.25, -0.2) is 0 Å². The molecule has 0 aromatic rings. The number of ether oxygens (including phenoxy) is 1. The second-order valence-electron chi connectivity index (χ2n) is 4.05. The fourth-order valence-electron chi connectivity index (χ4n) is 0.831. The van der Waals surface area contributed by atoms with Crippen LogP contribution >= 0.6 is 11.8 Å². The summed E-state index contributed by atoms with van der Waals surface area (Å²) in [5, 5.41) is 2.85. The van der Waals surface area contributed by atoms with E-state index in [4.69, 9.17) is 4.74 Å². The molecule has 0 heterocycles. The molecule has 0 saturated carbocycles. The number of hydrogen-bond acceptors (Lipinski definition) is 3. The SMILES string of the molecule is COCCC(=O)NCCSC(C)(C)C. The summed E-state index contributed by atoms with van der Waals surface area (Å²) in [6.45, 7) is 7.75. The Labute approximate surface area is 91.0 Å². The van der Waals surface area contributed by atoms with Crippen LogP contribution in [0.5, 0.6) is 0 Å². The highest BCUT2D eigenvalue weighted by atomic mass is 32.2. The standard InChI is InChI=1S/C10H21NO2S/c1-10(2,3)14-8-6-11-9(12)5-7-13-4/h5-8H2,1-4H3,(H,11,12). The second-order valence-corrected chi connectivity index (χ2v) is 5.98. The Bertz CT molecular complexity index is 166. The molecule has 0 bridgehead atoms. The molecule has 4 heteroatoms. The van der Waals surface area contributed by atoms with Crippen LogP contribution in [0.2, 0.25) is 0 Å². The van der Waals surface area contributed by atoms with Crippen LogP contribution in [0.25, 0.3) is 0 Å². The average Bonchev–Trinajstić information content (AvgIpc) is 2.07. The zero-order chi connectivity index (χ0) is 11.0.